The van der Waals surface area contributed by atoms with Crippen LogP contribution in [0.5, 0.6) is 0 Å². The number of nitrogens with one attached hydrogen (secondary N) is 1. The highest BCUT2D eigenvalue weighted by atomic mass is 14.9. The molecule has 0 spiro atoms. The fourth-order valence-electron chi connectivity index (χ4n) is 2.81. The zero-order chi connectivity index (χ0) is 15.2. The molecular formula is C20H25N. The zero-order valence-corrected chi connectivity index (χ0v) is 13.3. The normalized spacial score (nSPS) is 34.4. The van der Waals surface area contributed by atoms with Crippen LogP contribution in [-0.2, 0) is 0 Å². The molecule has 0 aromatic heterocycles. The van der Waals surface area contributed by atoms with E-state index in [4.69, 9.17) is 0 Å². The third kappa shape index (κ3) is 4.49. The van der Waals surface area contributed by atoms with E-state index in [2.05, 4.69) is 87.4 Å². The predicted octanol–water partition coefficient (Wildman–Crippen LogP) is 5.00. The van der Waals surface area contributed by atoms with Crippen molar-refractivity contribution in [2.45, 2.75) is 33.2 Å². The first-order chi connectivity index (χ1) is 10.1. The molecule has 110 valence electrons. The minimum atomic E-state index is 0.333. The summed E-state index contributed by atoms with van der Waals surface area (Å²) in [5, 5.41) is 3.56. The molecule has 0 amide bonds. The van der Waals surface area contributed by atoms with Crippen LogP contribution in [0.2, 0.25) is 0 Å². The van der Waals surface area contributed by atoms with Crippen LogP contribution in [0.4, 0.5) is 0 Å². The number of hydrogen-bond donors (Lipinski definition) is 1. The van der Waals surface area contributed by atoms with E-state index >= 15 is 0 Å². The first kappa shape index (κ1) is 15.4. The highest BCUT2D eigenvalue weighted by molar-refractivity contribution is 5.35. The van der Waals surface area contributed by atoms with Crippen molar-refractivity contribution in [3.05, 3.63) is 83.7 Å². The van der Waals surface area contributed by atoms with E-state index < -0.39 is 0 Å². The SMILES string of the molecule is C=C1/C=C(C)/C=C\C=C/C(C)=C/C(C)C2=CC=CCC2N1. The lowest BCUT2D eigenvalue weighted by Crippen LogP contribution is -2.32. The molecule has 1 nitrogen and oxygen atoms in total. The molecule has 0 aromatic carbocycles. The Morgan fingerprint density at radius 2 is 1.81 bits per heavy atom. The van der Waals surface area contributed by atoms with E-state index in [9.17, 15) is 0 Å². The Hall–Kier alpha value is -2.02. The van der Waals surface area contributed by atoms with Gasteiger partial charge < -0.3 is 5.32 Å². The molecule has 0 bridgehead atoms. The number of rotatable bonds is 0. The monoisotopic (exact) mass is 279 g/mol. The molecule has 0 saturated heterocycles. The molecule has 2 unspecified atom stereocenters. The first-order valence-corrected chi connectivity index (χ1v) is 7.60. The predicted molar refractivity (Wildman–Crippen MR) is 92.9 cm³/mol. The van der Waals surface area contributed by atoms with Gasteiger partial charge in [0.15, 0.2) is 0 Å². The summed E-state index contributed by atoms with van der Waals surface area (Å²) in [6.45, 7) is 10.7. The van der Waals surface area contributed by atoms with Crippen LogP contribution in [0.1, 0.15) is 27.2 Å². The number of hydrogen-bond acceptors (Lipinski definition) is 1. The van der Waals surface area contributed by atoms with Crippen LogP contribution >= 0.6 is 0 Å². The van der Waals surface area contributed by atoms with Crippen LogP contribution < -0.4 is 5.32 Å². The van der Waals surface area contributed by atoms with Crippen molar-refractivity contribution in [3.8, 4) is 0 Å². The van der Waals surface area contributed by atoms with Crippen molar-refractivity contribution in [3.63, 3.8) is 0 Å². The van der Waals surface area contributed by atoms with Crippen molar-refractivity contribution in [2.24, 2.45) is 5.92 Å². The number of allylic oxidation sites excluding steroid dienone is 10. The average Bonchev–Trinajstić information content (AvgIpc) is 2.43. The zero-order valence-electron chi connectivity index (χ0n) is 13.3. The lowest BCUT2D eigenvalue weighted by Gasteiger charge is -2.27. The second kappa shape index (κ2) is 7.12. The second-order valence-corrected chi connectivity index (χ2v) is 5.86. The van der Waals surface area contributed by atoms with Crippen LogP contribution in [0.3, 0.4) is 0 Å². The van der Waals surface area contributed by atoms with Gasteiger partial charge in [0.2, 0.25) is 0 Å². The molecule has 1 heteroatoms. The van der Waals surface area contributed by atoms with E-state index in [1.165, 1.54) is 16.7 Å². The number of fused-ring (bicyclic) bond motifs is 1. The van der Waals surface area contributed by atoms with Gasteiger partial charge in [0, 0.05) is 5.70 Å². The summed E-state index contributed by atoms with van der Waals surface area (Å²) in [6.07, 6.45) is 20.5. The van der Waals surface area contributed by atoms with Crippen molar-refractivity contribution in [1.29, 1.82) is 0 Å². The Morgan fingerprint density at radius 1 is 1.10 bits per heavy atom. The molecule has 1 aliphatic heterocycles. The molecule has 1 heterocycles. The highest BCUT2D eigenvalue weighted by Gasteiger charge is 2.19. The average molecular weight is 279 g/mol. The Bertz CT molecular complexity index is 579. The molecule has 0 radical (unpaired) electrons. The lowest BCUT2D eigenvalue weighted by molar-refractivity contribution is 0.596. The molecule has 0 aromatic rings. The summed E-state index contributed by atoms with van der Waals surface area (Å²) >= 11 is 0. The Kier molecular flexibility index (Phi) is 5.21. The van der Waals surface area contributed by atoms with Gasteiger partial charge in [-0.05, 0) is 43.4 Å². The van der Waals surface area contributed by atoms with E-state index in [0.717, 1.165) is 12.1 Å². The fraction of sp³-hybridized carbons (Fsp3) is 0.300. The molecule has 2 rings (SSSR count). The summed E-state index contributed by atoms with van der Waals surface area (Å²) in [4.78, 5) is 0. The summed E-state index contributed by atoms with van der Waals surface area (Å²) in [6, 6.07) is 0.333. The Morgan fingerprint density at radius 3 is 2.57 bits per heavy atom. The van der Waals surface area contributed by atoms with Gasteiger partial charge in [0.1, 0.15) is 0 Å². The maximum atomic E-state index is 4.14. The largest absolute Gasteiger partial charge is 0.379 e. The van der Waals surface area contributed by atoms with Crippen LogP contribution in [0.15, 0.2) is 83.7 Å². The Labute approximate surface area is 128 Å². The van der Waals surface area contributed by atoms with Gasteiger partial charge in [-0.25, -0.2) is 0 Å². The van der Waals surface area contributed by atoms with Gasteiger partial charge in [0.25, 0.3) is 0 Å². The van der Waals surface area contributed by atoms with Gasteiger partial charge in [0.05, 0.1) is 6.04 Å². The second-order valence-electron chi connectivity index (χ2n) is 5.86. The third-order valence-electron chi connectivity index (χ3n) is 3.83. The molecule has 0 saturated carbocycles. The lowest BCUT2D eigenvalue weighted by atomic mass is 9.87. The van der Waals surface area contributed by atoms with E-state index in [1.54, 1.807) is 0 Å². The van der Waals surface area contributed by atoms with E-state index in [1.807, 2.05) is 0 Å². The first-order valence-electron chi connectivity index (χ1n) is 7.60. The third-order valence-corrected chi connectivity index (χ3v) is 3.83. The highest BCUT2D eigenvalue weighted by Crippen LogP contribution is 2.24. The topological polar surface area (TPSA) is 12.0 Å². The molecular weight excluding hydrogens is 254 g/mol. The summed E-state index contributed by atoms with van der Waals surface area (Å²) in [5.74, 6) is 0.416. The van der Waals surface area contributed by atoms with Crippen LogP contribution in [0, 0.1) is 5.92 Å². The van der Waals surface area contributed by atoms with Gasteiger partial charge in [-0.3, -0.25) is 0 Å². The molecule has 2 aliphatic rings. The molecule has 0 fully saturated rings. The van der Waals surface area contributed by atoms with Crippen molar-refractivity contribution in [1.82, 2.24) is 5.32 Å². The molecule has 2 atom stereocenters. The quantitative estimate of drug-likeness (QED) is 0.658. The fourth-order valence-corrected chi connectivity index (χ4v) is 2.81. The van der Waals surface area contributed by atoms with Crippen LogP contribution in [0.25, 0.3) is 0 Å². The van der Waals surface area contributed by atoms with Crippen molar-refractivity contribution >= 4 is 0 Å². The Balaban J connectivity index is 2.36. The summed E-state index contributed by atoms with van der Waals surface area (Å²) in [5.41, 5.74) is 4.88. The summed E-state index contributed by atoms with van der Waals surface area (Å²) in [7, 11) is 0. The van der Waals surface area contributed by atoms with Gasteiger partial charge in [-0.2, -0.15) is 0 Å². The van der Waals surface area contributed by atoms with Crippen LogP contribution in [-0.4, -0.2) is 6.04 Å². The molecule has 1 N–H and O–H groups in total. The van der Waals surface area contributed by atoms with Gasteiger partial charge in [-0.15, -0.1) is 0 Å². The minimum Gasteiger partial charge on any atom is -0.379 e. The maximum absolute atomic E-state index is 4.14. The van der Waals surface area contributed by atoms with Crippen molar-refractivity contribution in [2.75, 3.05) is 0 Å². The van der Waals surface area contributed by atoms with Crippen molar-refractivity contribution < 1.29 is 0 Å². The standard InChI is InChI=1S/C20H25N/c1-15-9-5-6-10-16(2)14-18(4)21-20-12-8-7-11-19(20)17(3)13-15/h5-11,13-14,17,20-21H,4,12H2,1-3H3/b9-5-,10-6-,15-13+,16-14+. The van der Waals surface area contributed by atoms with Gasteiger partial charge in [-0.1, -0.05) is 67.7 Å². The molecule has 1 aliphatic carbocycles. The van der Waals surface area contributed by atoms with E-state index in [-0.39, 0.29) is 0 Å². The minimum absolute atomic E-state index is 0.333. The summed E-state index contributed by atoms with van der Waals surface area (Å²) < 4.78 is 0. The maximum Gasteiger partial charge on any atom is 0.0516 e. The molecule has 21 heavy (non-hydrogen) atoms. The van der Waals surface area contributed by atoms with E-state index in [0.29, 0.717) is 12.0 Å². The van der Waals surface area contributed by atoms with Gasteiger partial charge >= 0.3 is 0 Å². The smallest absolute Gasteiger partial charge is 0.0516 e.